The van der Waals surface area contributed by atoms with Gasteiger partial charge in [0.25, 0.3) is 0 Å². The van der Waals surface area contributed by atoms with Crippen molar-refractivity contribution in [2.75, 3.05) is 6.26 Å². The second kappa shape index (κ2) is 9.19. The minimum atomic E-state index is 0.290. The summed E-state index contributed by atoms with van der Waals surface area (Å²) < 4.78 is 0. The van der Waals surface area contributed by atoms with Crippen molar-refractivity contribution < 1.29 is 4.79 Å². The highest BCUT2D eigenvalue weighted by molar-refractivity contribution is 7.98. The average molecular weight is 317 g/mol. The predicted molar refractivity (Wildman–Crippen MR) is 97.3 cm³/mol. The Morgan fingerprint density at radius 2 is 1.86 bits per heavy atom. The minimum absolute atomic E-state index is 0.290. The van der Waals surface area contributed by atoms with Crippen LogP contribution in [-0.4, -0.2) is 12.0 Å². The molecule has 22 heavy (non-hydrogen) atoms. The predicted octanol–water partition coefficient (Wildman–Crippen LogP) is 6.13. The zero-order valence-electron chi connectivity index (χ0n) is 13.9. The van der Waals surface area contributed by atoms with Gasteiger partial charge in [-0.1, -0.05) is 51.2 Å². The van der Waals surface area contributed by atoms with Gasteiger partial charge in [-0.05, 0) is 54.9 Å². The van der Waals surface area contributed by atoms with Gasteiger partial charge in [-0.15, -0.1) is 11.8 Å². The highest BCUT2D eigenvalue weighted by Gasteiger charge is 2.28. The van der Waals surface area contributed by atoms with E-state index in [0.29, 0.717) is 11.7 Å². The third-order valence-electron chi connectivity index (χ3n) is 4.56. The highest BCUT2D eigenvalue weighted by atomic mass is 32.2. The summed E-state index contributed by atoms with van der Waals surface area (Å²) in [7, 11) is 0. The first kappa shape index (κ1) is 17.3. The molecule has 120 valence electrons. The van der Waals surface area contributed by atoms with Crippen molar-refractivity contribution in [1.29, 1.82) is 0 Å². The fourth-order valence-electron chi connectivity index (χ4n) is 3.16. The van der Waals surface area contributed by atoms with Crippen molar-refractivity contribution in [3.8, 4) is 0 Å². The molecule has 2 rings (SSSR count). The first-order valence-electron chi connectivity index (χ1n) is 8.63. The smallest absolute Gasteiger partial charge is 0.161 e. The minimum Gasteiger partial charge on any atom is -0.294 e. The molecule has 0 spiro atoms. The number of hydrogen-bond donors (Lipinski definition) is 0. The molecule has 1 aliphatic carbocycles. The fourth-order valence-corrected chi connectivity index (χ4v) is 3.57. The quantitative estimate of drug-likeness (QED) is 0.326. The zero-order chi connectivity index (χ0) is 15.8. The number of hydrogen-bond acceptors (Lipinski definition) is 2. The van der Waals surface area contributed by atoms with Crippen molar-refractivity contribution in [3.05, 3.63) is 35.4 Å². The number of carbonyl (C=O) groups excluding carboxylic acids is 1. The maximum Gasteiger partial charge on any atom is 0.161 e. The van der Waals surface area contributed by atoms with Crippen LogP contribution in [-0.2, 0) is 4.79 Å². The lowest BCUT2D eigenvalue weighted by Gasteiger charge is -2.07. The first-order chi connectivity index (χ1) is 10.7. The van der Waals surface area contributed by atoms with Crippen LogP contribution in [0.3, 0.4) is 0 Å². The van der Waals surface area contributed by atoms with E-state index < -0.39 is 0 Å². The molecule has 0 aromatic heterocycles. The molecule has 1 nitrogen and oxygen atoms in total. The van der Waals surface area contributed by atoms with Gasteiger partial charge in [0.05, 0.1) is 0 Å². The van der Waals surface area contributed by atoms with Gasteiger partial charge in [0, 0.05) is 10.8 Å². The standard InChI is InChI=1S/C20H28OS/c1-3-4-5-6-7-8-17-11-12-18(20(17)21)15-16-9-13-19(22-2)14-10-16/h9-10,13-15,17H,3-8,11-12H2,1-2H3/b18-15+/t17-/m1/s1. The molecule has 2 heteroatoms. The van der Waals surface area contributed by atoms with Gasteiger partial charge in [-0.2, -0.15) is 0 Å². The van der Waals surface area contributed by atoms with Crippen LogP contribution in [0.15, 0.2) is 34.7 Å². The van der Waals surface area contributed by atoms with E-state index >= 15 is 0 Å². The van der Waals surface area contributed by atoms with Crippen molar-refractivity contribution in [2.45, 2.75) is 63.2 Å². The number of Topliss-reactive ketones (excluding diaryl/α,β-unsaturated/α-hetero) is 1. The van der Waals surface area contributed by atoms with Crippen molar-refractivity contribution >= 4 is 23.6 Å². The molecule has 0 saturated heterocycles. The molecule has 0 N–H and O–H groups in total. The van der Waals surface area contributed by atoms with Crippen LogP contribution in [0, 0.1) is 5.92 Å². The Labute approximate surface area is 139 Å². The molecule has 0 heterocycles. The van der Waals surface area contributed by atoms with E-state index in [9.17, 15) is 4.79 Å². The molecule has 0 aliphatic heterocycles. The monoisotopic (exact) mass is 316 g/mol. The van der Waals surface area contributed by atoms with Crippen LogP contribution < -0.4 is 0 Å². The van der Waals surface area contributed by atoms with E-state index in [2.05, 4.69) is 43.5 Å². The molecule has 0 amide bonds. The highest BCUT2D eigenvalue weighted by Crippen LogP contribution is 2.32. The Kier molecular flexibility index (Phi) is 7.24. The van der Waals surface area contributed by atoms with E-state index in [4.69, 9.17) is 0 Å². The Bertz CT molecular complexity index is 501. The molecule has 1 aromatic carbocycles. The zero-order valence-corrected chi connectivity index (χ0v) is 14.8. The summed E-state index contributed by atoms with van der Waals surface area (Å²) in [5.74, 6) is 0.697. The number of unbranched alkanes of at least 4 members (excludes halogenated alkanes) is 4. The van der Waals surface area contributed by atoms with Gasteiger partial charge in [-0.25, -0.2) is 0 Å². The summed E-state index contributed by atoms with van der Waals surface area (Å²) in [5, 5.41) is 0. The number of carbonyl (C=O) groups is 1. The Morgan fingerprint density at radius 1 is 1.14 bits per heavy atom. The molecule has 1 saturated carbocycles. The molecule has 1 fully saturated rings. The SMILES string of the molecule is CCCCCCC[C@@H]1CC/C(=C\c2ccc(SC)cc2)C1=O. The van der Waals surface area contributed by atoms with E-state index in [1.54, 1.807) is 11.8 Å². The van der Waals surface area contributed by atoms with Crippen LogP contribution in [0.5, 0.6) is 0 Å². The molecule has 1 aromatic rings. The van der Waals surface area contributed by atoms with E-state index in [1.165, 1.54) is 37.0 Å². The van der Waals surface area contributed by atoms with E-state index in [-0.39, 0.29) is 0 Å². The van der Waals surface area contributed by atoms with Gasteiger partial charge < -0.3 is 0 Å². The number of rotatable bonds is 8. The molecular formula is C20H28OS. The maximum atomic E-state index is 12.5. The van der Waals surface area contributed by atoms with Gasteiger partial charge >= 0.3 is 0 Å². The Balaban J connectivity index is 1.85. The second-order valence-corrected chi connectivity index (χ2v) is 7.13. The Hall–Kier alpha value is -1.02. The van der Waals surface area contributed by atoms with Crippen molar-refractivity contribution in [3.63, 3.8) is 0 Å². The normalized spacial score (nSPS) is 20.0. The van der Waals surface area contributed by atoms with Gasteiger partial charge in [-0.3, -0.25) is 4.79 Å². The summed E-state index contributed by atoms with van der Waals surface area (Å²) in [6.45, 7) is 2.24. The average Bonchev–Trinajstić information content (AvgIpc) is 2.89. The lowest BCUT2D eigenvalue weighted by Crippen LogP contribution is -2.07. The van der Waals surface area contributed by atoms with Gasteiger partial charge in [0.1, 0.15) is 0 Å². The summed E-state index contributed by atoms with van der Waals surface area (Å²) in [4.78, 5) is 13.7. The lowest BCUT2D eigenvalue weighted by molar-refractivity contribution is -0.117. The summed E-state index contributed by atoms with van der Waals surface area (Å²) in [6.07, 6.45) is 13.7. The number of thioether (sulfide) groups is 1. The molecule has 0 radical (unpaired) electrons. The Morgan fingerprint density at radius 3 is 2.55 bits per heavy atom. The van der Waals surface area contributed by atoms with Crippen LogP contribution in [0.1, 0.15) is 63.9 Å². The number of benzene rings is 1. The van der Waals surface area contributed by atoms with Crippen LogP contribution in [0.2, 0.25) is 0 Å². The summed E-state index contributed by atoms with van der Waals surface area (Å²) in [6, 6.07) is 8.48. The summed E-state index contributed by atoms with van der Waals surface area (Å²) in [5.41, 5.74) is 2.19. The molecule has 1 atom stereocenters. The third kappa shape index (κ3) is 5.01. The van der Waals surface area contributed by atoms with Gasteiger partial charge in [0.2, 0.25) is 0 Å². The van der Waals surface area contributed by atoms with Crippen molar-refractivity contribution in [1.82, 2.24) is 0 Å². The maximum absolute atomic E-state index is 12.5. The summed E-state index contributed by atoms with van der Waals surface area (Å²) >= 11 is 1.75. The fraction of sp³-hybridized carbons (Fsp3) is 0.550. The third-order valence-corrected chi connectivity index (χ3v) is 5.31. The lowest BCUT2D eigenvalue weighted by atomic mass is 9.97. The van der Waals surface area contributed by atoms with E-state index in [1.807, 2.05) is 0 Å². The van der Waals surface area contributed by atoms with Gasteiger partial charge in [0.15, 0.2) is 5.78 Å². The van der Waals surface area contributed by atoms with Crippen molar-refractivity contribution in [2.24, 2.45) is 5.92 Å². The van der Waals surface area contributed by atoms with Crippen LogP contribution >= 0.6 is 11.8 Å². The molecule has 0 bridgehead atoms. The van der Waals surface area contributed by atoms with Crippen LogP contribution in [0.4, 0.5) is 0 Å². The van der Waals surface area contributed by atoms with Crippen LogP contribution in [0.25, 0.3) is 6.08 Å². The topological polar surface area (TPSA) is 17.1 Å². The second-order valence-electron chi connectivity index (χ2n) is 6.25. The molecule has 1 aliphatic rings. The molecular weight excluding hydrogens is 288 g/mol. The van der Waals surface area contributed by atoms with E-state index in [0.717, 1.165) is 30.4 Å². The number of allylic oxidation sites excluding steroid dienone is 1. The number of ketones is 1. The largest absolute Gasteiger partial charge is 0.294 e. The first-order valence-corrected chi connectivity index (χ1v) is 9.86. The molecule has 0 unspecified atom stereocenters.